The number of halogens is 2. The van der Waals surface area contributed by atoms with Gasteiger partial charge in [-0.05, 0) is 24.7 Å². The van der Waals surface area contributed by atoms with Gasteiger partial charge in [-0.2, -0.15) is 12.1 Å². The Hall–Kier alpha value is -1.01. The third-order valence-electron chi connectivity index (χ3n) is 4.86. The van der Waals surface area contributed by atoms with Crippen molar-refractivity contribution >= 4 is 42.3 Å². The third-order valence-corrected chi connectivity index (χ3v) is 8.52. The molecule has 0 nitrogen and oxygen atoms in total. The van der Waals surface area contributed by atoms with Crippen molar-refractivity contribution in [2.75, 3.05) is 0 Å². The fourth-order valence-corrected chi connectivity index (χ4v) is 3.61. The predicted octanol–water partition coefficient (Wildman–Crippen LogP) is 9.25. The fraction of sp³-hybridized carbons (Fsp3) is 0.321. The molecular formula is C28H34Cl2Zr-2. The molecular weight excluding hydrogens is 498 g/mol. The first-order valence-corrected chi connectivity index (χ1v) is 18.8. The van der Waals surface area contributed by atoms with Gasteiger partial charge in [0, 0.05) is 0 Å². The van der Waals surface area contributed by atoms with E-state index in [1.54, 1.807) is 0 Å². The van der Waals surface area contributed by atoms with Crippen molar-refractivity contribution in [2.45, 2.75) is 47.5 Å². The van der Waals surface area contributed by atoms with E-state index in [2.05, 4.69) is 100 Å². The number of rotatable bonds is 4. The van der Waals surface area contributed by atoms with E-state index in [9.17, 15) is 0 Å². The van der Waals surface area contributed by atoms with Crippen molar-refractivity contribution in [2.24, 2.45) is 11.8 Å². The fourth-order valence-electron chi connectivity index (χ4n) is 3.61. The Bertz CT molecular complexity index is 932. The average Bonchev–Trinajstić information content (AvgIpc) is 3.30. The first-order valence-electron chi connectivity index (χ1n) is 11.0. The normalized spacial score (nSPS) is 10.6. The van der Waals surface area contributed by atoms with Gasteiger partial charge < -0.3 is 0 Å². The second-order valence-electron chi connectivity index (χ2n) is 8.76. The first-order chi connectivity index (χ1) is 14.8. The van der Waals surface area contributed by atoms with Gasteiger partial charge in [0.2, 0.25) is 0 Å². The Balaban J connectivity index is 0.000000182. The molecule has 0 unspecified atom stereocenters. The van der Waals surface area contributed by atoms with E-state index < -0.39 is 18.9 Å². The van der Waals surface area contributed by atoms with E-state index in [0.717, 1.165) is 11.8 Å². The van der Waals surface area contributed by atoms with Crippen LogP contribution < -0.4 is 0 Å². The topological polar surface area (TPSA) is 0 Å². The summed E-state index contributed by atoms with van der Waals surface area (Å²) in [5, 5.41) is 5.49. The van der Waals surface area contributed by atoms with E-state index in [0.29, 0.717) is 0 Å². The second-order valence-corrected chi connectivity index (χ2v) is 17.6. The van der Waals surface area contributed by atoms with Gasteiger partial charge in [0.25, 0.3) is 0 Å². The Morgan fingerprint density at radius 1 is 0.742 bits per heavy atom. The van der Waals surface area contributed by atoms with Gasteiger partial charge >= 0.3 is 46.5 Å². The van der Waals surface area contributed by atoms with E-state index in [1.165, 1.54) is 45.5 Å². The monoisotopic (exact) mass is 530 g/mol. The molecule has 166 valence electrons. The SMILES string of the molecule is CC(C)Cc1cc2ccccc2[cH-]1.CC(C)Cc1cc2ccccc2[cH-]1.C[CH]=[Zr]([Cl])[Cl]. The summed E-state index contributed by atoms with van der Waals surface area (Å²) in [6.07, 6.45) is 2.38. The molecule has 3 heteroatoms. The van der Waals surface area contributed by atoms with E-state index >= 15 is 0 Å². The molecule has 0 N–H and O–H groups in total. The summed E-state index contributed by atoms with van der Waals surface area (Å²) in [5.74, 6) is 1.49. The number of hydrogen-bond acceptors (Lipinski definition) is 0. The molecule has 4 aromatic rings. The maximum atomic E-state index is 5.37. The molecule has 0 aliphatic carbocycles. The van der Waals surface area contributed by atoms with Gasteiger partial charge in [-0.15, -0.1) is 81.2 Å². The zero-order valence-corrected chi connectivity index (χ0v) is 23.3. The predicted molar refractivity (Wildman–Crippen MR) is 140 cm³/mol. The molecule has 0 saturated carbocycles. The number of fused-ring (bicyclic) bond motifs is 2. The van der Waals surface area contributed by atoms with E-state index in [4.69, 9.17) is 17.0 Å². The van der Waals surface area contributed by atoms with Gasteiger partial charge in [0.15, 0.2) is 0 Å². The van der Waals surface area contributed by atoms with Crippen LogP contribution in [0, 0.1) is 11.8 Å². The van der Waals surface area contributed by atoms with Crippen LogP contribution in [0.4, 0.5) is 0 Å². The molecule has 0 aliphatic rings. The number of hydrogen-bond donors (Lipinski definition) is 0. The first kappa shape index (κ1) is 26.2. The molecule has 4 aromatic carbocycles. The van der Waals surface area contributed by atoms with Crippen molar-refractivity contribution in [1.29, 1.82) is 0 Å². The minimum atomic E-state index is -1.76. The molecule has 4 rings (SSSR count). The van der Waals surface area contributed by atoms with Crippen molar-refractivity contribution < 1.29 is 18.9 Å². The summed E-state index contributed by atoms with van der Waals surface area (Å²) >= 11 is -1.76. The Morgan fingerprint density at radius 3 is 1.39 bits per heavy atom. The van der Waals surface area contributed by atoms with Crippen LogP contribution in [0.25, 0.3) is 21.5 Å². The van der Waals surface area contributed by atoms with Crippen molar-refractivity contribution in [3.63, 3.8) is 0 Å². The Labute approximate surface area is 203 Å². The molecule has 0 amide bonds. The summed E-state index contributed by atoms with van der Waals surface area (Å²) in [6.45, 7) is 10.9. The average molecular weight is 533 g/mol. The molecule has 0 heterocycles. The molecule has 0 radical (unpaired) electrons. The van der Waals surface area contributed by atoms with Crippen molar-refractivity contribution in [3.8, 4) is 0 Å². The van der Waals surface area contributed by atoms with Gasteiger partial charge in [-0.25, -0.2) is 0 Å². The summed E-state index contributed by atoms with van der Waals surface area (Å²) in [5.41, 5.74) is 2.94. The Kier molecular flexibility index (Phi) is 11.4. The maximum absolute atomic E-state index is 5.37. The van der Waals surface area contributed by atoms with E-state index in [1.807, 2.05) is 10.6 Å². The summed E-state index contributed by atoms with van der Waals surface area (Å²) < 4.78 is 1.89. The van der Waals surface area contributed by atoms with Crippen LogP contribution in [0.1, 0.15) is 45.7 Å². The zero-order valence-electron chi connectivity index (χ0n) is 19.3. The summed E-state index contributed by atoms with van der Waals surface area (Å²) in [4.78, 5) is 0. The standard InChI is InChI=1S/2C13H15.C2H4.2ClH.Zr/c2*1-10(2)7-11-8-12-5-3-4-6-13(12)9-11;1-2;;;/h2*3-6,8-10H,7H2,1-2H3;1H,2H3;2*1H;/q2*-1;;;;+2/p-2. The molecule has 0 bridgehead atoms. The molecule has 0 fully saturated rings. The molecule has 0 spiro atoms. The quantitative estimate of drug-likeness (QED) is 0.230. The third kappa shape index (κ3) is 9.57. The second kappa shape index (κ2) is 13.5. The molecule has 0 atom stereocenters. The summed E-state index contributed by atoms with van der Waals surface area (Å²) in [7, 11) is 10.7. The van der Waals surface area contributed by atoms with Crippen LogP contribution in [-0.4, -0.2) is 3.71 Å². The molecule has 31 heavy (non-hydrogen) atoms. The van der Waals surface area contributed by atoms with Crippen LogP contribution in [0.5, 0.6) is 0 Å². The van der Waals surface area contributed by atoms with Crippen molar-refractivity contribution in [3.05, 3.63) is 83.9 Å². The Morgan fingerprint density at radius 2 is 1.10 bits per heavy atom. The van der Waals surface area contributed by atoms with Crippen LogP contribution in [0.3, 0.4) is 0 Å². The summed E-state index contributed by atoms with van der Waals surface area (Å²) in [6, 6.07) is 26.3. The van der Waals surface area contributed by atoms with Gasteiger partial charge in [-0.1, -0.05) is 39.8 Å². The van der Waals surface area contributed by atoms with Crippen LogP contribution in [-0.2, 0) is 31.7 Å². The van der Waals surface area contributed by atoms with Gasteiger partial charge in [-0.3, -0.25) is 0 Å². The molecule has 0 aliphatic heterocycles. The van der Waals surface area contributed by atoms with Crippen molar-refractivity contribution in [1.82, 2.24) is 0 Å². The van der Waals surface area contributed by atoms with Crippen LogP contribution in [0.15, 0.2) is 72.8 Å². The zero-order chi connectivity index (χ0) is 22.8. The van der Waals surface area contributed by atoms with Gasteiger partial charge in [0.05, 0.1) is 0 Å². The minimum absolute atomic E-state index is 0.747. The molecule has 0 aromatic heterocycles. The van der Waals surface area contributed by atoms with E-state index in [-0.39, 0.29) is 0 Å². The number of benzene rings is 2. The molecule has 0 saturated heterocycles. The van der Waals surface area contributed by atoms with Crippen LogP contribution >= 0.6 is 17.0 Å². The van der Waals surface area contributed by atoms with Crippen LogP contribution in [0.2, 0.25) is 0 Å². The van der Waals surface area contributed by atoms with Gasteiger partial charge in [0.1, 0.15) is 0 Å².